The first kappa shape index (κ1) is 17.0. The van der Waals surface area contributed by atoms with Crippen molar-refractivity contribution in [2.75, 3.05) is 7.11 Å². The molecule has 0 bridgehead atoms. The molecule has 0 unspecified atom stereocenters. The van der Waals surface area contributed by atoms with E-state index in [0.29, 0.717) is 23.0 Å². The summed E-state index contributed by atoms with van der Waals surface area (Å²) in [5.41, 5.74) is 2.41. The zero-order valence-electron chi connectivity index (χ0n) is 13.7. The van der Waals surface area contributed by atoms with Crippen molar-refractivity contribution in [3.63, 3.8) is 0 Å². The summed E-state index contributed by atoms with van der Waals surface area (Å²) >= 11 is 5.87. The average molecular weight is 357 g/mol. The molecule has 2 aromatic carbocycles. The van der Waals surface area contributed by atoms with Crippen LogP contribution in [0.4, 0.5) is 0 Å². The van der Waals surface area contributed by atoms with Crippen LogP contribution < -0.4 is 10.1 Å². The maximum absolute atomic E-state index is 12.1. The number of methoxy groups -OCH3 is 1. The zero-order valence-corrected chi connectivity index (χ0v) is 14.4. The Kier molecular flexibility index (Phi) is 5.36. The molecule has 0 spiro atoms. The van der Waals surface area contributed by atoms with Crippen LogP contribution >= 0.6 is 11.6 Å². The number of ether oxygens (including phenoxy) is 1. The number of rotatable bonds is 6. The fourth-order valence-corrected chi connectivity index (χ4v) is 2.48. The van der Waals surface area contributed by atoms with Gasteiger partial charge in [0.2, 0.25) is 5.91 Å². The smallest absolute Gasteiger partial charge is 0.226 e. The minimum atomic E-state index is -0.126. The van der Waals surface area contributed by atoms with Crippen LogP contribution in [0.3, 0.4) is 0 Å². The predicted molar refractivity (Wildman–Crippen MR) is 95.5 cm³/mol. The van der Waals surface area contributed by atoms with Crippen molar-refractivity contribution in [2.24, 2.45) is 0 Å². The van der Waals surface area contributed by atoms with Gasteiger partial charge in [0.25, 0.3) is 0 Å². The van der Waals surface area contributed by atoms with E-state index in [2.05, 4.69) is 10.5 Å². The topological polar surface area (TPSA) is 64.4 Å². The van der Waals surface area contributed by atoms with Crippen molar-refractivity contribution in [3.8, 4) is 17.1 Å². The highest BCUT2D eigenvalue weighted by atomic mass is 35.5. The summed E-state index contributed by atoms with van der Waals surface area (Å²) in [5, 5.41) is 7.46. The highest BCUT2D eigenvalue weighted by Crippen LogP contribution is 2.22. The third-order valence-electron chi connectivity index (χ3n) is 3.65. The van der Waals surface area contributed by atoms with E-state index in [-0.39, 0.29) is 12.3 Å². The van der Waals surface area contributed by atoms with Gasteiger partial charge in [-0.3, -0.25) is 4.79 Å². The molecule has 0 aliphatic rings. The molecule has 1 aromatic heterocycles. The third-order valence-corrected chi connectivity index (χ3v) is 3.91. The molecule has 0 fully saturated rings. The molecule has 25 heavy (non-hydrogen) atoms. The molecule has 128 valence electrons. The fraction of sp³-hybridized carbons (Fsp3) is 0.158. The molecular formula is C19H17ClN2O3. The Bertz CT molecular complexity index is 859. The predicted octanol–water partition coefficient (Wildman–Crippen LogP) is 3.86. The summed E-state index contributed by atoms with van der Waals surface area (Å²) in [7, 11) is 1.61. The van der Waals surface area contributed by atoms with E-state index in [4.69, 9.17) is 20.9 Å². The zero-order chi connectivity index (χ0) is 17.6. The maximum atomic E-state index is 12.1. The molecule has 0 aliphatic carbocycles. The first-order chi connectivity index (χ1) is 12.1. The van der Waals surface area contributed by atoms with Gasteiger partial charge in [-0.15, -0.1) is 0 Å². The van der Waals surface area contributed by atoms with E-state index in [1.54, 1.807) is 25.3 Å². The quantitative estimate of drug-likeness (QED) is 0.728. The molecule has 0 atom stereocenters. The Hall–Kier alpha value is -2.79. The maximum Gasteiger partial charge on any atom is 0.226 e. The third kappa shape index (κ3) is 4.61. The number of carbonyl (C=O) groups is 1. The average Bonchev–Trinajstić information content (AvgIpc) is 3.09. The number of benzene rings is 2. The Morgan fingerprint density at radius 2 is 2.00 bits per heavy atom. The molecule has 1 amide bonds. The lowest BCUT2D eigenvalue weighted by Gasteiger charge is -2.06. The van der Waals surface area contributed by atoms with Gasteiger partial charge in [-0.05, 0) is 42.0 Å². The molecule has 1 heterocycles. The van der Waals surface area contributed by atoms with Crippen molar-refractivity contribution in [1.82, 2.24) is 10.5 Å². The number of carbonyl (C=O) groups excluding carboxylic acids is 1. The Labute approximate surface area is 150 Å². The van der Waals surface area contributed by atoms with Gasteiger partial charge < -0.3 is 14.6 Å². The van der Waals surface area contributed by atoms with Gasteiger partial charge in [0, 0.05) is 23.2 Å². The number of nitrogens with zero attached hydrogens (tertiary/aromatic N) is 1. The monoisotopic (exact) mass is 356 g/mol. The van der Waals surface area contributed by atoms with Gasteiger partial charge in [0.1, 0.15) is 5.75 Å². The van der Waals surface area contributed by atoms with Crippen molar-refractivity contribution in [3.05, 3.63) is 70.9 Å². The standard InChI is InChI=1S/C19H17ClN2O3/c1-24-17-4-2-3-13(9-17)12-21-19(23)11-16-10-18(25-22-16)14-5-7-15(20)8-6-14/h2-10H,11-12H2,1H3,(H,21,23). The number of halogens is 1. The second-order valence-electron chi connectivity index (χ2n) is 5.49. The molecule has 0 saturated carbocycles. The van der Waals surface area contributed by atoms with Crippen LogP contribution in [0, 0.1) is 0 Å². The van der Waals surface area contributed by atoms with Gasteiger partial charge in [-0.2, -0.15) is 0 Å². The molecule has 0 aliphatic heterocycles. The first-order valence-electron chi connectivity index (χ1n) is 7.75. The number of hydrogen-bond donors (Lipinski definition) is 1. The number of nitrogens with one attached hydrogen (secondary N) is 1. The van der Waals surface area contributed by atoms with Gasteiger partial charge in [-0.1, -0.05) is 28.9 Å². The van der Waals surface area contributed by atoms with Gasteiger partial charge in [0.15, 0.2) is 5.76 Å². The van der Waals surface area contributed by atoms with Crippen LogP contribution in [0.15, 0.2) is 59.1 Å². The van der Waals surface area contributed by atoms with Crippen molar-refractivity contribution >= 4 is 17.5 Å². The van der Waals surface area contributed by atoms with Crippen molar-refractivity contribution in [1.29, 1.82) is 0 Å². The Balaban J connectivity index is 1.57. The highest BCUT2D eigenvalue weighted by molar-refractivity contribution is 6.30. The van der Waals surface area contributed by atoms with Crippen molar-refractivity contribution < 1.29 is 14.1 Å². The number of amides is 1. The lowest BCUT2D eigenvalue weighted by molar-refractivity contribution is -0.120. The van der Waals surface area contributed by atoms with E-state index in [0.717, 1.165) is 16.9 Å². The van der Waals surface area contributed by atoms with E-state index in [1.165, 1.54) is 0 Å². The SMILES string of the molecule is COc1cccc(CNC(=O)Cc2cc(-c3ccc(Cl)cc3)on2)c1. The van der Waals surface area contributed by atoms with E-state index in [1.807, 2.05) is 36.4 Å². The molecule has 6 heteroatoms. The van der Waals surface area contributed by atoms with Gasteiger partial charge in [0.05, 0.1) is 19.2 Å². The van der Waals surface area contributed by atoms with E-state index < -0.39 is 0 Å². The van der Waals surface area contributed by atoms with Crippen molar-refractivity contribution in [2.45, 2.75) is 13.0 Å². The molecule has 1 N–H and O–H groups in total. The molecule has 3 rings (SSSR count). The second-order valence-corrected chi connectivity index (χ2v) is 5.93. The molecular weight excluding hydrogens is 340 g/mol. The summed E-state index contributed by atoms with van der Waals surface area (Å²) in [6.45, 7) is 0.428. The second kappa shape index (κ2) is 7.85. The summed E-state index contributed by atoms with van der Waals surface area (Å²) in [5.74, 6) is 1.24. The van der Waals surface area contributed by atoms with Crippen LogP contribution in [-0.4, -0.2) is 18.2 Å². The minimum Gasteiger partial charge on any atom is -0.497 e. The Morgan fingerprint density at radius 3 is 2.76 bits per heavy atom. The van der Waals surface area contributed by atoms with Gasteiger partial charge in [-0.25, -0.2) is 0 Å². The summed E-state index contributed by atoms with van der Waals surface area (Å²) < 4.78 is 10.5. The van der Waals surface area contributed by atoms with Crippen LogP contribution in [0.25, 0.3) is 11.3 Å². The largest absolute Gasteiger partial charge is 0.497 e. The summed E-state index contributed by atoms with van der Waals surface area (Å²) in [6, 6.07) is 16.6. The Morgan fingerprint density at radius 1 is 1.20 bits per heavy atom. The number of aromatic nitrogens is 1. The van der Waals surface area contributed by atoms with Gasteiger partial charge >= 0.3 is 0 Å². The molecule has 3 aromatic rings. The molecule has 5 nitrogen and oxygen atoms in total. The summed E-state index contributed by atoms with van der Waals surface area (Å²) in [6.07, 6.45) is 0.154. The van der Waals surface area contributed by atoms with E-state index in [9.17, 15) is 4.79 Å². The fourth-order valence-electron chi connectivity index (χ4n) is 2.36. The normalized spacial score (nSPS) is 10.5. The van der Waals surface area contributed by atoms with E-state index >= 15 is 0 Å². The number of hydrogen-bond acceptors (Lipinski definition) is 4. The van der Waals surface area contributed by atoms with Crippen LogP contribution in [0.1, 0.15) is 11.3 Å². The first-order valence-corrected chi connectivity index (χ1v) is 8.13. The molecule has 0 saturated heterocycles. The minimum absolute atomic E-state index is 0.126. The van der Waals surface area contributed by atoms with Crippen LogP contribution in [0.5, 0.6) is 5.75 Å². The lowest BCUT2D eigenvalue weighted by atomic mass is 10.1. The van der Waals surface area contributed by atoms with Crippen LogP contribution in [0.2, 0.25) is 5.02 Å². The highest BCUT2D eigenvalue weighted by Gasteiger charge is 2.11. The summed E-state index contributed by atoms with van der Waals surface area (Å²) in [4.78, 5) is 12.1. The van der Waals surface area contributed by atoms with Crippen LogP contribution in [-0.2, 0) is 17.8 Å². The molecule has 0 radical (unpaired) electrons. The lowest BCUT2D eigenvalue weighted by Crippen LogP contribution is -2.24.